The molecule has 1 fully saturated rings. The zero-order valence-electron chi connectivity index (χ0n) is 24.0. The second-order valence-electron chi connectivity index (χ2n) is 10.2. The number of anilines is 1. The zero-order valence-corrected chi connectivity index (χ0v) is 26.4. The largest absolute Gasteiger partial charge is 0.497 e. The van der Waals surface area contributed by atoms with Crippen molar-refractivity contribution < 1.29 is 27.5 Å². The molecule has 9 nitrogen and oxygen atoms in total. The first-order valence-electron chi connectivity index (χ1n) is 13.8. The standard InChI is InChI=1S/C31H36BrN3O6S/c1-22(31(37)33-25-11-4-5-12-25)34(20-23-9-8-10-24(32)19-23)30(36)21-35(28-13-6-7-14-29(28)41-3)42(38,39)27-17-15-26(40-2)16-18-27/h6-10,13-19,22,25H,4-5,11-12,20-21H2,1-3H3,(H,33,37)/t22-/m0/s1. The van der Waals surface area contributed by atoms with Gasteiger partial charge in [0.25, 0.3) is 10.0 Å². The van der Waals surface area contributed by atoms with E-state index in [1.807, 2.05) is 24.3 Å². The van der Waals surface area contributed by atoms with Crippen LogP contribution in [0.25, 0.3) is 0 Å². The highest BCUT2D eigenvalue weighted by Crippen LogP contribution is 2.33. The molecule has 1 N–H and O–H groups in total. The summed E-state index contributed by atoms with van der Waals surface area (Å²) < 4.78 is 40.7. The number of sulfonamides is 1. The molecule has 11 heteroatoms. The van der Waals surface area contributed by atoms with Crippen LogP contribution in [0.15, 0.2) is 82.2 Å². The highest BCUT2D eigenvalue weighted by molar-refractivity contribution is 9.10. The molecule has 0 bridgehead atoms. The van der Waals surface area contributed by atoms with Gasteiger partial charge >= 0.3 is 0 Å². The molecule has 1 atom stereocenters. The maximum Gasteiger partial charge on any atom is 0.264 e. The third kappa shape index (κ3) is 7.43. The molecule has 3 aromatic rings. The van der Waals surface area contributed by atoms with Crippen LogP contribution in [-0.2, 0) is 26.2 Å². The molecule has 3 aromatic carbocycles. The minimum Gasteiger partial charge on any atom is -0.497 e. The second kappa shape index (κ2) is 14.1. The predicted octanol–water partition coefficient (Wildman–Crippen LogP) is 5.14. The number of nitrogens with one attached hydrogen (secondary N) is 1. The van der Waals surface area contributed by atoms with Crippen molar-refractivity contribution in [1.29, 1.82) is 0 Å². The molecule has 1 saturated carbocycles. The maximum absolute atomic E-state index is 14.1. The predicted molar refractivity (Wildman–Crippen MR) is 165 cm³/mol. The Morgan fingerprint density at radius 2 is 1.67 bits per heavy atom. The van der Waals surface area contributed by atoms with Gasteiger partial charge in [-0.1, -0.05) is 53.0 Å². The fraction of sp³-hybridized carbons (Fsp3) is 0.355. The summed E-state index contributed by atoms with van der Waals surface area (Å²) in [6.07, 6.45) is 3.91. The van der Waals surface area contributed by atoms with Crippen LogP contribution < -0.4 is 19.1 Å². The van der Waals surface area contributed by atoms with Crippen LogP contribution in [0.1, 0.15) is 38.2 Å². The van der Waals surface area contributed by atoms with Gasteiger partial charge in [-0.25, -0.2) is 8.42 Å². The first-order valence-corrected chi connectivity index (χ1v) is 16.0. The normalized spacial score (nSPS) is 14.2. The van der Waals surface area contributed by atoms with Crippen LogP contribution in [0.4, 0.5) is 5.69 Å². The van der Waals surface area contributed by atoms with Crippen LogP contribution in [0.2, 0.25) is 0 Å². The Morgan fingerprint density at radius 3 is 2.31 bits per heavy atom. The van der Waals surface area contributed by atoms with Gasteiger partial charge in [0.1, 0.15) is 24.1 Å². The van der Waals surface area contributed by atoms with Crippen molar-refractivity contribution in [3.8, 4) is 11.5 Å². The molecule has 0 spiro atoms. The Hall–Kier alpha value is -3.57. The molecule has 1 aliphatic carbocycles. The minimum atomic E-state index is -4.24. The van der Waals surface area contributed by atoms with Gasteiger partial charge in [-0.2, -0.15) is 0 Å². The lowest BCUT2D eigenvalue weighted by Gasteiger charge is -2.33. The van der Waals surface area contributed by atoms with Gasteiger partial charge in [0, 0.05) is 17.1 Å². The number of rotatable bonds is 12. The molecule has 0 aliphatic heterocycles. The quantitative estimate of drug-likeness (QED) is 0.289. The summed E-state index contributed by atoms with van der Waals surface area (Å²) in [7, 11) is -1.31. The molecule has 0 saturated heterocycles. The molecule has 0 unspecified atom stereocenters. The molecule has 1 aliphatic rings. The third-order valence-electron chi connectivity index (χ3n) is 7.39. The summed E-state index contributed by atoms with van der Waals surface area (Å²) in [5, 5.41) is 3.08. The summed E-state index contributed by atoms with van der Waals surface area (Å²) in [6, 6.07) is 19.2. The van der Waals surface area contributed by atoms with Gasteiger partial charge in [-0.15, -0.1) is 0 Å². The van der Waals surface area contributed by atoms with Crippen molar-refractivity contribution in [2.45, 2.75) is 56.1 Å². The molecular weight excluding hydrogens is 622 g/mol. The van der Waals surface area contributed by atoms with Gasteiger partial charge in [-0.05, 0) is 73.9 Å². The van der Waals surface area contributed by atoms with Gasteiger partial charge in [0.05, 0.1) is 24.8 Å². The summed E-state index contributed by atoms with van der Waals surface area (Å²) in [5.41, 5.74) is 0.995. The van der Waals surface area contributed by atoms with E-state index in [4.69, 9.17) is 9.47 Å². The van der Waals surface area contributed by atoms with E-state index >= 15 is 0 Å². The molecule has 0 aromatic heterocycles. The molecule has 2 amide bonds. The number of nitrogens with zero attached hydrogens (tertiary/aromatic N) is 2. The van der Waals surface area contributed by atoms with E-state index in [1.165, 1.54) is 31.3 Å². The Kier molecular flexibility index (Phi) is 10.5. The van der Waals surface area contributed by atoms with E-state index < -0.39 is 28.5 Å². The molecule has 0 heterocycles. The van der Waals surface area contributed by atoms with Gasteiger partial charge < -0.3 is 19.7 Å². The van der Waals surface area contributed by atoms with Crippen molar-refractivity contribution in [2.75, 3.05) is 25.1 Å². The van der Waals surface area contributed by atoms with E-state index in [2.05, 4.69) is 21.2 Å². The Balaban J connectivity index is 1.72. The molecular formula is C31H36BrN3O6S. The van der Waals surface area contributed by atoms with Crippen LogP contribution in [0.5, 0.6) is 11.5 Å². The number of amides is 2. The molecule has 0 radical (unpaired) electrons. The number of halogens is 1. The van der Waals surface area contributed by atoms with E-state index in [0.717, 1.165) is 40.0 Å². The van der Waals surface area contributed by atoms with Crippen LogP contribution in [-0.4, -0.2) is 58.0 Å². The van der Waals surface area contributed by atoms with Crippen LogP contribution in [0, 0.1) is 0 Å². The number of benzene rings is 3. The number of para-hydroxylation sites is 2. The fourth-order valence-electron chi connectivity index (χ4n) is 5.03. The lowest BCUT2D eigenvalue weighted by Crippen LogP contribution is -2.52. The van der Waals surface area contributed by atoms with Crippen molar-refractivity contribution in [3.05, 3.63) is 82.8 Å². The van der Waals surface area contributed by atoms with E-state index in [-0.39, 0.29) is 34.8 Å². The van der Waals surface area contributed by atoms with E-state index in [1.54, 1.807) is 43.3 Å². The average Bonchev–Trinajstić information content (AvgIpc) is 3.51. The van der Waals surface area contributed by atoms with Crippen LogP contribution >= 0.6 is 15.9 Å². The number of hydrogen-bond donors (Lipinski definition) is 1. The second-order valence-corrected chi connectivity index (χ2v) is 13.0. The summed E-state index contributed by atoms with van der Waals surface area (Å²) >= 11 is 3.47. The average molecular weight is 659 g/mol. The number of hydrogen-bond acceptors (Lipinski definition) is 6. The van der Waals surface area contributed by atoms with Gasteiger partial charge in [0.2, 0.25) is 11.8 Å². The maximum atomic E-state index is 14.1. The summed E-state index contributed by atoms with van der Waals surface area (Å²) in [5.74, 6) is -0.0248. The van der Waals surface area contributed by atoms with Gasteiger partial charge in [0.15, 0.2) is 0 Å². The lowest BCUT2D eigenvalue weighted by atomic mass is 10.1. The minimum absolute atomic E-state index is 0.0208. The van der Waals surface area contributed by atoms with Crippen molar-refractivity contribution in [3.63, 3.8) is 0 Å². The highest BCUT2D eigenvalue weighted by atomic mass is 79.9. The van der Waals surface area contributed by atoms with Crippen molar-refractivity contribution in [2.24, 2.45) is 0 Å². The topological polar surface area (TPSA) is 105 Å². The number of methoxy groups -OCH3 is 2. The lowest BCUT2D eigenvalue weighted by molar-refractivity contribution is -0.139. The molecule has 4 rings (SSSR count). The fourth-order valence-corrected chi connectivity index (χ4v) is 6.90. The molecule has 42 heavy (non-hydrogen) atoms. The highest BCUT2D eigenvalue weighted by Gasteiger charge is 2.34. The first-order chi connectivity index (χ1) is 20.1. The van der Waals surface area contributed by atoms with Crippen molar-refractivity contribution in [1.82, 2.24) is 10.2 Å². The Labute approximate surface area is 256 Å². The SMILES string of the molecule is COc1ccc(S(=O)(=O)N(CC(=O)N(Cc2cccc(Br)c2)[C@@H](C)C(=O)NC2CCCC2)c2ccccc2OC)cc1. The zero-order chi connectivity index (χ0) is 30.3. The Bertz CT molecular complexity index is 1490. The van der Waals surface area contributed by atoms with E-state index in [0.29, 0.717) is 5.75 Å². The Morgan fingerprint density at radius 1 is 0.976 bits per heavy atom. The number of carbonyl (C=O) groups is 2. The summed E-state index contributed by atoms with van der Waals surface area (Å²) in [6.45, 7) is 1.23. The number of carbonyl (C=O) groups excluding carboxylic acids is 2. The van der Waals surface area contributed by atoms with Crippen molar-refractivity contribution >= 4 is 43.5 Å². The first kappa shape index (κ1) is 31.4. The van der Waals surface area contributed by atoms with E-state index in [9.17, 15) is 18.0 Å². The summed E-state index contributed by atoms with van der Waals surface area (Å²) in [4.78, 5) is 28.9. The third-order valence-corrected chi connectivity index (χ3v) is 9.66. The smallest absolute Gasteiger partial charge is 0.264 e. The number of ether oxygens (including phenoxy) is 2. The monoisotopic (exact) mass is 657 g/mol. The van der Waals surface area contributed by atoms with Gasteiger partial charge in [-0.3, -0.25) is 13.9 Å². The molecule has 224 valence electrons. The van der Waals surface area contributed by atoms with Crippen LogP contribution in [0.3, 0.4) is 0 Å².